The molecule has 0 radical (unpaired) electrons. The largest absolute Gasteiger partial charge is 0.461 e. The summed E-state index contributed by atoms with van der Waals surface area (Å²) in [4.78, 5) is 44.3. The number of hydrogen-bond donors (Lipinski definition) is 2. The number of nitrogens with one attached hydrogen (secondary N) is 2. The van der Waals surface area contributed by atoms with E-state index in [1.54, 1.807) is 11.5 Å². The Morgan fingerprint density at radius 2 is 1.73 bits per heavy atom. The van der Waals surface area contributed by atoms with Crippen LogP contribution < -0.4 is 10.9 Å². The number of aromatic amines is 1. The zero-order chi connectivity index (χ0) is 26.9. The first-order valence-corrected chi connectivity index (χ1v) is 12.8. The summed E-state index contributed by atoms with van der Waals surface area (Å²) in [5.74, 6) is -0.765. The Kier molecular flexibility index (Phi) is 7.25. The van der Waals surface area contributed by atoms with Gasteiger partial charge >= 0.3 is 5.97 Å². The van der Waals surface area contributed by atoms with Gasteiger partial charge in [-0.25, -0.2) is 4.79 Å². The van der Waals surface area contributed by atoms with E-state index in [9.17, 15) is 14.4 Å². The van der Waals surface area contributed by atoms with Crippen LogP contribution in [0.15, 0.2) is 53.3 Å². The lowest BCUT2D eigenvalue weighted by atomic mass is 9.99. The number of H-pyrrole nitrogens is 1. The number of aromatic nitrogens is 2. The van der Waals surface area contributed by atoms with Gasteiger partial charge in [-0.05, 0) is 58.2 Å². The third-order valence-electron chi connectivity index (χ3n) is 6.35. The molecule has 1 unspecified atom stereocenters. The number of aryl methyl sites for hydroxylation is 2. The molecular formula is C30H35N3O4. The molecule has 0 aliphatic carbocycles. The van der Waals surface area contributed by atoms with E-state index in [1.807, 2.05) is 83.1 Å². The predicted octanol–water partition coefficient (Wildman–Crippen LogP) is 5.42. The van der Waals surface area contributed by atoms with Crippen molar-refractivity contribution < 1.29 is 14.3 Å². The Labute approximate surface area is 216 Å². The summed E-state index contributed by atoms with van der Waals surface area (Å²) in [5, 5.41) is 4.25. The van der Waals surface area contributed by atoms with E-state index in [1.165, 1.54) is 0 Å². The normalized spacial score (nSPS) is 12.6. The van der Waals surface area contributed by atoms with E-state index >= 15 is 0 Å². The molecule has 37 heavy (non-hydrogen) atoms. The molecule has 0 bridgehead atoms. The molecule has 4 rings (SSSR count). The molecule has 194 valence electrons. The molecule has 2 aromatic carbocycles. The number of para-hydroxylation sites is 1. The number of carbonyl (C=O) groups excluding carboxylic acids is 2. The number of rotatable bonds is 7. The predicted molar refractivity (Wildman–Crippen MR) is 147 cm³/mol. The van der Waals surface area contributed by atoms with E-state index in [-0.39, 0.29) is 18.1 Å². The van der Waals surface area contributed by atoms with Crippen molar-refractivity contribution in [2.45, 2.75) is 66.0 Å². The molecule has 0 saturated carbocycles. The van der Waals surface area contributed by atoms with Crippen molar-refractivity contribution in [1.29, 1.82) is 0 Å². The van der Waals surface area contributed by atoms with E-state index in [2.05, 4.69) is 10.3 Å². The summed E-state index contributed by atoms with van der Waals surface area (Å²) in [6.45, 7) is 11.7. The maximum atomic E-state index is 14.4. The zero-order valence-corrected chi connectivity index (χ0v) is 22.4. The van der Waals surface area contributed by atoms with E-state index in [0.717, 1.165) is 17.4 Å². The number of benzene rings is 2. The van der Waals surface area contributed by atoms with Gasteiger partial charge in [0.1, 0.15) is 11.7 Å². The molecule has 0 aliphatic heterocycles. The lowest BCUT2D eigenvalue weighted by Gasteiger charge is -2.27. The van der Waals surface area contributed by atoms with Crippen molar-refractivity contribution in [3.63, 3.8) is 0 Å². The number of amides is 1. The maximum absolute atomic E-state index is 14.4. The minimum atomic E-state index is -0.906. The number of esters is 1. The lowest BCUT2D eigenvalue weighted by Crippen LogP contribution is -2.46. The van der Waals surface area contributed by atoms with E-state index in [0.29, 0.717) is 39.7 Å². The zero-order valence-electron chi connectivity index (χ0n) is 22.4. The second kappa shape index (κ2) is 10.2. The van der Waals surface area contributed by atoms with Crippen LogP contribution in [-0.2, 0) is 16.0 Å². The Hall–Kier alpha value is -3.87. The molecule has 1 amide bonds. The number of fused-ring (bicyclic) bond motifs is 3. The van der Waals surface area contributed by atoms with Crippen molar-refractivity contribution in [3.05, 3.63) is 81.3 Å². The van der Waals surface area contributed by atoms with Gasteiger partial charge in [0.05, 0.1) is 23.0 Å². The smallest absolute Gasteiger partial charge is 0.355 e. The van der Waals surface area contributed by atoms with Crippen molar-refractivity contribution in [1.82, 2.24) is 14.9 Å². The molecule has 2 heterocycles. The number of ether oxygens (including phenoxy) is 1. The number of hydrogen-bond acceptors (Lipinski definition) is 4. The molecule has 0 aliphatic rings. The number of pyridine rings is 1. The van der Waals surface area contributed by atoms with Gasteiger partial charge in [-0.3, -0.25) is 14.2 Å². The lowest BCUT2D eigenvalue weighted by molar-refractivity contribution is -0.124. The third kappa shape index (κ3) is 5.03. The third-order valence-corrected chi connectivity index (χ3v) is 6.35. The minimum absolute atomic E-state index is 0.229. The van der Waals surface area contributed by atoms with Crippen molar-refractivity contribution in [3.8, 4) is 0 Å². The minimum Gasteiger partial charge on any atom is -0.461 e. The Morgan fingerprint density at radius 1 is 1.05 bits per heavy atom. The van der Waals surface area contributed by atoms with Crippen molar-refractivity contribution in [2.24, 2.45) is 0 Å². The van der Waals surface area contributed by atoms with Crippen LogP contribution in [-0.4, -0.2) is 33.6 Å². The molecule has 0 fully saturated rings. The number of nitrogens with zero attached hydrogens (tertiary/aromatic N) is 1. The molecular weight excluding hydrogens is 466 g/mol. The van der Waals surface area contributed by atoms with Gasteiger partial charge in [0, 0.05) is 10.9 Å². The highest BCUT2D eigenvalue weighted by atomic mass is 16.5. The fourth-order valence-corrected chi connectivity index (χ4v) is 4.84. The van der Waals surface area contributed by atoms with Gasteiger partial charge in [0.25, 0.3) is 5.56 Å². The van der Waals surface area contributed by atoms with E-state index in [4.69, 9.17) is 4.74 Å². The van der Waals surface area contributed by atoms with Crippen LogP contribution in [0.3, 0.4) is 0 Å². The summed E-state index contributed by atoms with van der Waals surface area (Å²) >= 11 is 0. The van der Waals surface area contributed by atoms with Crippen molar-refractivity contribution in [2.75, 3.05) is 6.61 Å². The Balaban J connectivity index is 2.12. The highest BCUT2D eigenvalue weighted by molar-refractivity contribution is 6.09. The van der Waals surface area contributed by atoms with Gasteiger partial charge in [-0.1, -0.05) is 61.4 Å². The summed E-state index contributed by atoms with van der Waals surface area (Å²) < 4.78 is 6.88. The first kappa shape index (κ1) is 26.2. The summed E-state index contributed by atoms with van der Waals surface area (Å²) in [6.07, 6.45) is 1.25. The maximum Gasteiger partial charge on any atom is 0.355 e. The van der Waals surface area contributed by atoms with Gasteiger partial charge in [0.15, 0.2) is 0 Å². The van der Waals surface area contributed by atoms with Crippen LogP contribution in [0.2, 0.25) is 0 Å². The SMILES string of the molecule is CCCc1c(C(=O)OCC)[nH]c2c1c(=O)n(C(C(=O)NC(C)(C)C)c1ccc(C)cc1)c1ccccc21. The van der Waals surface area contributed by atoms with Crippen LogP contribution in [0, 0.1) is 6.92 Å². The van der Waals surface area contributed by atoms with Crippen LogP contribution in [0.1, 0.15) is 74.3 Å². The van der Waals surface area contributed by atoms with Gasteiger partial charge in [0.2, 0.25) is 5.91 Å². The van der Waals surface area contributed by atoms with Crippen LogP contribution in [0.25, 0.3) is 21.8 Å². The fourth-order valence-electron chi connectivity index (χ4n) is 4.84. The second-order valence-corrected chi connectivity index (χ2v) is 10.4. The summed E-state index contributed by atoms with van der Waals surface area (Å²) in [5.41, 5.74) is 3.06. The number of carbonyl (C=O) groups is 2. The van der Waals surface area contributed by atoms with Gasteiger partial charge < -0.3 is 15.0 Å². The molecule has 2 aromatic heterocycles. The molecule has 1 atom stereocenters. The van der Waals surface area contributed by atoms with Crippen LogP contribution >= 0.6 is 0 Å². The molecule has 4 aromatic rings. The highest BCUT2D eigenvalue weighted by Crippen LogP contribution is 2.31. The Morgan fingerprint density at radius 3 is 2.35 bits per heavy atom. The summed E-state index contributed by atoms with van der Waals surface area (Å²) in [6, 6.07) is 14.2. The Bertz CT molecular complexity index is 1520. The highest BCUT2D eigenvalue weighted by Gasteiger charge is 2.31. The fraction of sp³-hybridized carbons (Fsp3) is 0.367. The van der Waals surface area contributed by atoms with Gasteiger partial charge in [-0.2, -0.15) is 0 Å². The van der Waals surface area contributed by atoms with E-state index < -0.39 is 17.6 Å². The monoisotopic (exact) mass is 501 g/mol. The molecule has 0 saturated heterocycles. The topological polar surface area (TPSA) is 93.2 Å². The average molecular weight is 502 g/mol. The van der Waals surface area contributed by atoms with Crippen molar-refractivity contribution >= 4 is 33.7 Å². The molecule has 2 N–H and O–H groups in total. The first-order chi connectivity index (χ1) is 17.6. The first-order valence-electron chi connectivity index (χ1n) is 12.8. The second-order valence-electron chi connectivity index (χ2n) is 10.4. The quantitative estimate of drug-likeness (QED) is 0.331. The molecule has 0 spiro atoms. The summed E-state index contributed by atoms with van der Waals surface area (Å²) in [7, 11) is 0. The molecule has 7 nitrogen and oxygen atoms in total. The standard InChI is InChI=1S/C30H35N3O4/c1-7-11-21-23-24(31-25(21)29(36)37-8-2)20-12-9-10-13-22(20)33(28(23)35)26(27(34)32-30(4,5)6)19-16-14-18(3)15-17-19/h9-10,12-17,26,31H,7-8,11H2,1-6H3,(H,32,34). The van der Waals surface area contributed by atoms with Crippen LogP contribution in [0.5, 0.6) is 0 Å². The average Bonchev–Trinajstić information content (AvgIpc) is 3.22. The van der Waals surface area contributed by atoms with Crippen LogP contribution in [0.4, 0.5) is 0 Å². The van der Waals surface area contributed by atoms with Gasteiger partial charge in [-0.15, -0.1) is 0 Å². The molecule has 7 heteroatoms.